The summed E-state index contributed by atoms with van der Waals surface area (Å²) in [5.74, 6) is 0.315. The largest absolute Gasteiger partial charge is 3.00 e. The molecule has 0 amide bonds. The van der Waals surface area contributed by atoms with E-state index in [0.717, 1.165) is 0 Å². The van der Waals surface area contributed by atoms with E-state index in [-0.39, 0.29) is 67.3 Å². The van der Waals surface area contributed by atoms with Crippen LogP contribution in [0.3, 0.4) is 0 Å². The fourth-order valence-electron chi connectivity index (χ4n) is 7.05. The van der Waals surface area contributed by atoms with Crippen LogP contribution in [0, 0.1) is 18.3 Å². The van der Waals surface area contributed by atoms with Crippen LogP contribution in [-0.2, 0) is 37.0 Å². The third-order valence-electron chi connectivity index (χ3n) is 9.57. The van der Waals surface area contributed by atoms with Crippen LogP contribution in [0.15, 0.2) is 96.6 Å². The second kappa shape index (κ2) is 14.4. The van der Waals surface area contributed by atoms with Crippen LogP contribution in [0.2, 0.25) is 0 Å². The molecule has 2 aliphatic rings. The van der Waals surface area contributed by atoms with Gasteiger partial charge in [-0.3, -0.25) is 0 Å². The molecule has 0 fully saturated rings. The maximum absolute atomic E-state index is 4.00. The molecule has 247 valence electrons. The molecular formula is C45H49Cl2Zr. The molecule has 2 aliphatic carbocycles. The number of rotatable bonds is 3. The summed E-state index contributed by atoms with van der Waals surface area (Å²) in [4.78, 5) is 0. The minimum Gasteiger partial charge on any atom is -1.00 e. The molecular weight excluding hydrogens is 703 g/mol. The molecule has 1 atom stereocenters. The van der Waals surface area contributed by atoms with Crippen molar-refractivity contribution in [3.8, 4) is 11.1 Å². The maximum atomic E-state index is 4.00. The van der Waals surface area contributed by atoms with E-state index >= 15 is 0 Å². The Labute approximate surface area is 321 Å². The van der Waals surface area contributed by atoms with Gasteiger partial charge in [-0.15, -0.1) is 34.1 Å². The van der Waals surface area contributed by atoms with Crippen LogP contribution in [0.25, 0.3) is 28.3 Å². The molecule has 48 heavy (non-hydrogen) atoms. The summed E-state index contributed by atoms with van der Waals surface area (Å²) in [7, 11) is 0. The van der Waals surface area contributed by atoms with E-state index in [1.165, 1.54) is 77.2 Å². The molecule has 1 unspecified atom stereocenters. The van der Waals surface area contributed by atoms with Crippen LogP contribution in [0.4, 0.5) is 0 Å². The number of fused-ring (bicyclic) bond motifs is 3. The molecule has 3 heteroatoms. The van der Waals surface area contributed by atoms with E-state index in [9.17, 15) is 0 Å². The van der Waals surface area contributed by atoms with Crippen molar-refractivity contribution < 1.29 is 51.0 Å². The summed E-state index contributed by atoms with van der Waals surface area (Å²) in [6, 6.07) is 29.6. The molecule has 0 bridgehead atoms. The smallest absolute Gasteiger partial charge is 1.00 e. The van der Waals surface area contributed by atoms with Gasteiger partial charge in [-0.2, -0.15) is 0 Å². The SMILES string of the molecule is Cc1ccc(C(c2ccccc2)=c2cc3c(c(C4=CC(C(C)(C)C)=CC4C)c2C(C)(C)C)=[C-]c2cc(C(C)(C)C)ccc2-3)cc1.[Cl-].[Cl-].[Zr+3]. The standard InChI is InChI=1S/C45H49.2ClH.Zr/c1-28-17-19-31(20-18-28)40(30-15-13-12-14-16-30)39-27-37-35-22-21-33(43(3,4)5)24-32(35)25-38(37)41(42(39)45(9,10)11)36-26-34(23-29(36)2)44(6,7)8;;;/h12-24,26-27,29H,1-11H3;2*1H;/q-1;;;+3/p-2. The van der Waals surface area contributed by atoms with Gasteiger partial charge < -0.3 is 24.8 Å². The quantitative estimate of drug-likeness (QED) is 0.238. The van der Waals surface area contributed by atoms with Crippen LogP contribution in [0.1, 0.15) is 108 Å². The number of hydrogen-bond acceptors (Lipinski definition) is 0. The zero-order valence-electron chi connectivity index (χ0n) is 30.5. The minimum atomic E-state index is -0.123. The number of allylic oxidation sites excluding steroid dienone is 4. The van der Waals surface area contributed by atoms with Crippen molar-refractivity contribution in [2.75, 3.05) is 0 Å². The Morgan fingerprint density at radius 1 is 0.667 bits per heavy atom. The molecule has 0 heterocycles. The summed E-state index contributed by atoms with van der Waals surface area (Å²) in [5.41, 5.74) is 15.8. The zero-order valence-corrected chi connectivity index (χ0v) is 34.5. The third kappa shape index (κ3) is 7.50. The number of benzene rings is 4. The first kappa shape index (κ1) is 40.0. The van der Waals surface area contributed by atoms with Gasteiger partial charge in [-0.1, -0.05) is 182 Å². The molecule has 0 N–H and O–H groups in total. The van der Waals surface area contributed by atoms with Gasteiger partial charge in [0.15, 0.2) is 0 Å². The first-order chi connectivity index (χ1) is 21.0. The fourth-order valence-corrected chi connectivity index (χ4v) is 7.05. The summed E-state index contributed by atoms with van der Waals surface area (Å²) in [6.07, 6.45) is 8.99. The molecule has 0 aromatic heterocycles. The van der Waals surface area contributed by atoms with Crippen molar-refractivity contribution in [2.24, 2.45) is 11.3 Å². The van der Waals surface area contributed by atoms with Crippen LogP contribution >= 0.6 is 0 Å². The van der Waals surface area contributed by atoms with Crippen molar-refractivity contribution in [3.05, 3.63) is 146 Å². The van der Waals surface area contributed by atoms with Crippen molar-refractivity contribution in [3.63, 3.8) is 0 Å². The van der Waals surface area contributed by atoms with Crippen molar-refractivity contribution in [1.82, 2.24) is 0 Å². The summed E-state index contributed by atoms with van der Waals surface area (Å²) < 4.78 is 0. The molecule has 0 nitrogen and oxygen atoms in total. The molecule has 4 aromatic carbocycles. The average molecular weight is 752 g/mol. The van der Waals surface area contributed by atoms with Gasteiger partial charge in [0.1, 0.15) is 0 Å². The molecule has 1 radical (unpaired) electrons. The number of aryl methyl sites for hydroxylation is 1. The van der Waals surface area contributed by atoms with Gasteiger partial charge >= 0.3 is 26.2 Å². The third-order valence-corrected chi connectivity index (χ3v) is 9.57. The summed E-state index contributed by atoms with van der Waals surface area (Å²) in [5, 5.41) is 2.57. The minimum absolute atomic E-state index is 0. The van der Waals surface area contributed by atoms with Gasteiger partial charge in [0, 0.05) is 0 Å². The van der Waals surface area contributed by atoms with Crippen LogP contribution < -0.4 is 35.3 Å². The molecule has 0 aliphatic heterocycles. The zero-order chi connectivity index (χ0) is 32.5. The second-order valence-electron chi connectivity index (χ2n) is 16.3. The van der Waals surface area contributed by atoms with Gasteiger partial charge in [0.05, 0.1) is 0 Å². The predicted octanol–water partition coefficient (Wildman–Crippen LogP) is 4.53. The Hall–Kier alpha value is -2.44. The monoisotopic (exact) mass is 749 g/mol. The van der Waals surface area contributed by atoms with Crippen molar-refractivity contribution in [2.45, 2.75) is 87.0 Å². The topological polar surface area (TPSA) is 0 Å². The maximum Gasteiger partial charge on any atom is 3.00 e. The Morgan fingerprint density at radius 3 is 1.81 bits per heavy atom. The fraction of sp³-hybridized carbons (Fsp3) is 0.333. The van der Waals surface area contributed by atoms with E-state index in [0.29, 0.717) is 5.92 Å². The number of halogens is 2. The summed E-state index contributed by atoms with van der Waals surface area (Å²) in [6.45, 7) is 25.6. The molecule has 0 spiro atoms. The van der Waals surface area contributed by atoms with E-state index in [1.807, 2.05) is 0 Å². The Balaban J connectivity index is 0.00000208. The van der Waals surface area contributed by atoms with Crippen molar-refractivity contribution in [1.29, 1.82) is 0 Å². The van der Waals surface area contributed by atoms with Gasteiger partial charge in [0.2, 0.25) is 0 Å². The predicted molar refractivity (Wildman–Crippen MR) is 195 cm³/mol. The average Bonchev–Trinajstić information content (AvgIpc) is 3.53. The molecule has 0 saturated carbocycles. The van der Waals surface area contributed by atoms with E-state index in [2.05, 4.69) is 173 Å². The first-order valence-electron chi connectivity index (χ1n) is 16.6. The first-order valence-corrected chi connectivity index (χ1v) is 16.6. The Bertz CT molecular complexity index is 1990. The number of hydrogen-bond donors (Lipinski definition) is 0. The van der Waals surface area contributed by atoms with E-state index < -0.39 is 0 Å². The molecule has 4 aromatic rings. The Kier molecular flexibility index (Phi) is 12.0. The van der Waals surface area contributed by atoms with Crippen LogP contribution in [-0.4, -0.2) is 0 Å². The van der Waals surface area contributed by atoms with Gasteiger partial charge in [-0.25, -0.2) is 0 Å². The summed E-state index contributed by atoms with van der Waals surface area (Å²) >= 11 is 0. The molecule has 6 rings (SSSR count). The van der Waals surface area contributed by atoms with E-state index in [1.54, 1.807) is 0 Å². The Morgan fingerprint density at radius 2 is 1.27 bits per heavy atom. The van der Waals surface area contributed by atoms with Crippen LogP contribution in [0.5, 0.6) is 0 Å². The normalized spacial score (nSPS) is 15.9. The second-order valence-corrected chi connectivity index (χ2v) is 16.3. The van der Waals surface area contributed by atoms with Crippen molar-refractivity contribution >= 4 is 17.2 Å². The molecule has 0 saturated heterocycles. The van der Waals surface area contributed by atoms with Gasteiger partial charge in [0.25, 0.3) is 0 Å². The van der Waals surface area contributed by atoms with Gasteiger partial charge in [-0.05, 0) is 56.6 Å². The van der Waals surface area contributed by atoms with E-state index in [4.69, 9.17) is 0 Å².